The third kappa shape index (κ3) is 4.38. The highest BCUT2D eigenvalue weighted by molar-refractivity contribution is 7.09. The predicted octanol–water partition coefficient (Wildman–Crippen LogP) is 3.33. The highest BCUT2D eigenvalue weighted by Gasteiger charge is 2.23. The molecule has 0 radical (unpaired) electrons. The van der Waals surface area contributed by atoms with Gasteiger partial charge in [0.25, 0.3) is 5.91 Å². The molecule has 0 spiro atoms. The first kappa shape index (κ1) is 18.1. The Bertz CT molecular complexity index is 698. The van der Waals surface area contributed by atoms with E-state index in [0.717, 1.165) is 24.4 Å². The van der Waals surface area contributed by atoms with Crippen molar-refractivity contribution in [3.8, 4) is 11.4 Å². The van der Waals surface area contributed by atoms with Crippen LogP contribution in [0.2, 0.25) is 0 Å². The van der Waals surface area contributed by atoms with Gasteiger partial charge in [0.05, 0.1) is 11.4 Å². The average molecular weight is 346 g/mol. The van der Waals surface area contributed by atoms with Crippen LogP contribution in [0, 0.1) is 5.92 Å². The van der Waals surface area contributed by atoms with Crippen LogP contribution >= 0.6 is 11.5 Å². The van der Waals surface area contributed by atoms with Crippen molar-refractivity contribution < 1.29 is 9.59 Å². The summed E-state index contributed by atoms with van der Waals surface area (Å²) in [5, 5.41) is 5.70. The van der Waals surface area contributed by atoms with E-state index in [1.54, 1.807) is 32.2 Å². The zero-order valence-corrected chi connectivity index (χ0v) is 14.9. The van der Waals surface area contributed by atoms with Crippen LogP contribution in [0.15, 0.2) is 24.4 Å². The van der Waals surface area contributed by atoms with Crippen molar-refractivity contribution in [2.45, 2.75) is 33.6 Å². The fourth-order valence-electron chi connectivity index (χ4n) is 1.97. The zero-order valence-electron chi connectivity index (χ0n) is 14.1. The molecule has 0 bridgehead atoms. The molecule has 7 heteroatoms. The standard InChI is InChI=1S/C17H22N4O2S/c1-4-5-9-19-17(23)15-14(20-16(22)11(2)3)13(21-24-15)12-8-6-7-10-18-12/h6-8,10-11H,4-5,9H2,1-3H3,(H,19,23)(H,20,22). The van der Waals surface area contributed by atoms with E-state index >= 15 is 0 Å². The molecule has 2 heterocycles. The van der Waals surface area contributed by atoms with Crippen LogP contribution in [0.4, 0.5) is 5.69 Å². The number of hydrogen-bond donors (Lipinski definition) is 2. The van der Waals surface area contributed by atoms with E-state index in [1.165, 1.54) is 0 Å². The predicted molar refractivity (Wildman–Crippen MR) is 96.1 cm³/mol. The molecule has 2 rings (SSSR count). The monoisotopic (exact) mass is 346 g/mol. The van der Waals surface area contributed by atoms with Gasteiger partial charge in [0, 0.05) is 18.7 Å². The maximum atomic E-state index is 12.4. The smallest absolute Gasteiger partial charge is 0.265 e. The van der Waals surface area contributed by atoms with Crippen LogP contribution in [0.3, 0.4) is 0 Å². The van der Waals surface area contributed by atoms with Crippen LogP contribution in [0.25, 0.3) is 11.4 Å². The van der Waals surface area contributed by atoms with Crippen molar-refractivity contribution in [2.24, 2.45) is 5.92 Å². The van der Waals surface area contributed by atoms with Crippen molar-refractivity contribution in [1.82, 2.24) is 14.7 Å². The van der Waals surface area contributed by atoms with Crippen molar-refractivity contribution in [2.75, 3.05) is 11.9 Å². The van der Waals surface area contributed by atoms with Crippen molar-refractivity contribution in [3.63, 3.8) is 0 Å². The molecule has 0 unspecified atom stereocenters. The number of carbonyl (C=O) groups excluding carboxylic acids is 2. The summed E-state index contributed by atoms with van der Waals surface area (Å²) in [6.45, 7) is 6.27. The van der Waals surface area contributed by atoms with Gasteiger partial charge in [-0.1, -0.05) is 33.3 Å². The minimum Gasteiger partial charge on any atom is -0.351 e. The highest BCUT2D eigenvalue weighted by Crippen LogP contribution is 2.32. The van der Waals surface area contributed by atoms with Gasteiger partial charge in [0.15, 0.2) is 0 Å². The zero-order chi connectivity index (χ0) is 17.5. The molecule has 2 amide bonds. The number of rotatable bonds is 7. The summed E-state index contributed by atoms with van der Waals surface area (Å²) in [6, 6.07) is 5.45. The molecule has 0 aliphatic heterocycles. The molecule has 0 saturated carbocycles. The van der Waals surface area contributed by atoms with E-state index in [2.05, 4.69) is 26.9 Å². The van der Waals surface area contributed by atoms with E-state index in [4.69, 9.17) is 0 Å². The molecular formula is C17H22N4O2S. The third-order valence-electron chi connectivity index (χ3n) is 3.39. The lowest BCUT2D eigenvalue weighted by molar-refractivity contribution is -0.118. The number of hydrogen-bond acceptors (Lipinski definition) is 5. The second-order valence-electron chi connectivity index (χ2n) is 5.70. The van der Waals surface area contributed by atoms with Crippen LogP contribution in [0.5, 0.6) is 0 Å². The van der Waals surface area contributed by atoms with Gasteiger partial charge in [-0.25, -0.2) is 0 Å². The average Bonchev–Trinajstić information content (AvgIpc) is 2.99. The van der Waals surface area contributed by atoms with Crippen LogP contribution in [0.1, 0.15) is 43.3 Å². The van der Waals surface area contributed by atoms with Crippen molar-refractivity contribution >= 4 is 29.0 Å². The second kappa shape index (κ2) is 8.54. The molecule has 24 heavy (non-hydrogen) atoms. The molecule has 0 aromatic carbocycles. The summed E-state index contributed by atoms with van der Waals surface area (Å²) in [5.74, 6) is -0.574. The lowest BCUT2D eigenvalue weighted by atomic mass is 10.1. The number of aromatic nitrogens is 2. The largest absolute Gasteiger partial charge is 0.351 e. The van der Waals surface area contributed by atoms with Gasteiger partial charge in [0.1, 0.15) is 10.6 Å². The Morgan fingerprint density at radius 3 is 2.71 bits per heavy atom. The van der Waals surface area contributed by atoms with Crippen molar-refractivity contribution in [1.29, 1.82) is 0 Å². The quantitative estimate of drug-likeness (QED) is 0.753. The summed E-state index contributed by atoms with van der Waals surface area (Å²) in [6.07, 6.45) is 3.56. The van der Waals surface area contributed by atoms with Gasteiger partial charge in [-0.15, -0.1) is 0 Å². The first-order valence-corrected chi connectivity index (χ1v) is 8.82. The number of unbranched alkanes of at least 4 members (excludes halogenated alkanes) is 1. The third-order valence-corrected chi connectivity index (χ3v) is 4.24. The van der Waals surface area contributed by atoms with Crippen molar-refractivity contribution in [3.05, 3.63) is 29.3 Å². The first-order valence-electron chi connectivity index (χ1n) is 8.04. The Labute approximate surface area is 145 Å². The van der Waals surface area contributed by atoms with Crippen LogP contribution in [-0.4, -0.2) is 27.7 Å². The Balaban J connectivity index is 2.35. The topological polar surface area (TPSA) is 84.0 Å². The van der Waals surface area contributed by atoms with Crippen LogP contribution in [-0.2, 0) is 4.79 Å². The molecule has 128 valence electrons. The lowest BCUT2D eigenvalue weighted by Gasteiger charge is -2.10. The molecule has 0 aliphatic rings. The van der Waals surface area contributed by atoms with Gasteiger partial charge in [-0.2, -0.15) is 4.37 Å². The molecule has 0 atom stereocenters. The molecule has 0 aliphatic carbocycles. The van der Waals surface area contributed by atoms with E-state index in [1.807, 2.05) is 6.07 Å². The molecule has 0 fully saturated rings. The Kier molecular flexibility index (Phi) is 6.43. The summed E-state index contributed by atoms with van der Waals surface area (Å²) >= 11 is 1.07. The van der Waals surface area contributed by atoms with Crippen LogP contribution < -0.4 is 10.6 Å². The van der Waals surface area contributed by atoms with E-state index in [0.29, 0.717) is 28.5 Å². The number of anilines is 1. The number of pyridine rings is 1. The maximum absolute atomic E-state index is 12.4. The first-order chi connectivity index (χ1) is 11.5. The summed E-state index contributed by atoms with van der Waals surface area (Å²) in [4.78, 5) is 29.2. The van der Waals surface area contributed by atoms with Gasteiger partial charge >= 0.3 is 0 Å². The molecule has 6 nitrogen and oxygen atoms in total. The summed E-state index contributed by atoms with van der Waals surface area (Å²) in [7, 11) is 0. The van der Waals surface area contributed by atoms with E-state index < -0.39 is 0 Å². The summed E-state index contributed by atoms with van der Waals surface area (Å²) in [5.41, 5.74) is 1.59. The minimum absolute atomic E-state index is 0.157. The van der Waals surface area contributed by atoms with Gasteiger partial charge in [0.2, 0.25) is 5.91 Å². The Morgan fingerprint density at radius 2 is 2.08 bits per heavy atom. The van der Waals surface area contributed by atoms with Gasteiger partial charge < -0.3 is 10.6 Å². The highest BCUT2D eigenvalue weighted by atomic mass is 32.1. The van der Waals surface area contributed by atoms with Gasteiger partial charge in [-0.3, -0.25) is 14.6 Å². The Hall–Kier alpha value is -2.28. The normalized spacial score (nSPS) is 10.7. The molecular weight excluding hydrogens is 324 g/mol. The van der Waals surface area contributed by atoms with E-state index in [-0.39, 0.29) is 17.7 Å². The molecule has 2 aromatic heterocycles. The Morgan fingerprint density at radius 1 is 1.29 bits per heavy atom. The summed E-state index contributed by atoms with van der Waals surface area (Å²) < 4.78 is 4.35. The minimum atomic E-state index is -0.220. The second-order valence-corrected chi connectivity index (χ2v) is 6.48. The number of amides is 2. The van der Waals surface area contributed by atoms with E-state index in [9.17, 15) is 9.59 Å². The van der Waals surface area contributed by atoms with Gasteiger partial charge in [-0.05, 0) is 30.1 Å². The number of nitrogens with zero attached hydrogens (tertiary/aromatic N) is 2. The number of nitrogens with one attached hydrogen (secondary N) is 2. The molecule has 2 aromatic rings. The molecule has 0 saturated heterocycles. The molecule has 2 N–H and O–H groups in total. The fraction of sp³-hybridized carbons (Fsp3) is 0.412. The number of carbonyl (C=O) groups is 2. The SMILES string of the molecule is CCCCNC(=O)c1snc(-c2ccccn2)c1NC(=O)C(C)C. The fourth-order valence-corrected chi connectivity index (χ4v) is 2.73. The lowest BCUT2D eigenvalue weighted by Crippen LogP contribution is -2.26. The maximum Gasteiger partial charge on any atom is 0.265 e.